The van der Waals surface area contributed by atoms with Gasteiger partial charge in [0.25, 0.3) is 0 Å². The zero-order valence-corrected chi connectivity index (χ0v) is 13.4. The van der Waals surface area contributed by atoms with E-state index >= 15 is 0 Å². The van der Waals surface area contributed by atoms with Crippen molar-refractivity contribution in [1.29, 1.82) is 0 Å². The Morgan fingerprint density at radius 1 is 1.20 bits per heavy atom. The molecule has 5 nitrogen and oxygen atoms in total. The quantitative estimate of drug-likeness (QED) is 0.894. The van der Waals surface area contributed by atoms with Crippen LogP contribution in [0.4, 0.5) is 18.0 Å². The first-order valence-corrected chi connectivity index (χ1v) is 7.44. The molecule has 130 valence electrons. The van der Waals surface area contributed by atoms with E-state index in [9.17, 15) is 18.0 Å². The van der Waals surface area contributed by atoms with Crippen LogP contribution in [0.15, 0.2) is 41.8 Å². The number of aromatic nitrogens is 1. The van der Waals surface area contributed by atoms with Crippen molar-refractivity contribution in [3.8, 4) is 11.1 Å². The number of cyclic esters (lactones) is 1. The summed E-state index contributed by atoms with van der Waals surface area (Å²) in [5, 5.41) is 3.82. The Bertz CT molecular complexity index is 862. The highest BCUT2D eigenvalue weighted by Crippen LogP contribution is 2.38. The van der Waals surface area contributed by atoms with E-state index in [0.29, 0.717) is 11.1 Å². The van der Waals surface area contributed by atoms with E-state index in [1.165, 1.54) is 24.5 Å². The maximum atomic E-state index is 13.6. The van der Waals surface area contributed by atoms with Crippen molar-refractivity contribution < 1.29 is 22.7 Å². The highest BCUT2D eigenvalue weighted by molar-refractivity contribution is 6.06. The summed E-state index contributed by atoms with van der Waals surface area (Å²) >= 11 is 0. The van der Waals surface area contributed by atoms with Crippen molar-refractivity contribution in [3.05, 3.63) is 53.3 Å². The molecule has 1 atom stereocenters. The lowest BCUT2D eigenvalue weighted by molar-refractivity contribution is -0.137. The summed E-state index contributed by atoms with van der Waals surface area (Å²) in [5.41, 5.74) is 2.94. The highest BCUT2D eigenvalue weighted by atomic mass is 19.4. The van der Waals surface area contributed by atoms with Crippen LogP contribution in [0.1, 0.15) is 23.6 Å². The van der Waals surface area contributed by atoms with Gasteiger partial charge in [0.05, 0.1) is 5.56 Å². The van der Waals surface area contributed by atoms with Crippen LogP contribution in [-0.4, -0.2) is 22.9 Å². The monoisotopic (exact) mass is 349 g/mol. The number of hydrazone groups is 1. The van der Waals surface area contributed by atoms with Crippen molar-refractivity contribution in [2.45, 2.75) is 26.1 Å². The third-order valence-corrected chi connectivity index (χ3v) is 3.87. The second-order valence-corrected chi connectivity index (χ2v) is 5.61. The number of hydrogen-bond donors (Lipinski definition) is 1. The summed E-state index contributed by atoms with van der Waals surface area (Å²) in [7, 11) is 0. The van der Waals surface area contributed by atoms with Crippen molar-refractivity contribution in [1.82, 2.24) is 10.4 Å². The number of aryl methyl sites for hydroxylation is 1. The molecule has 3 rings (SSSR count). The zero-order valence-electron chi connectivity index (χ0n) is 13.4. The molecule has 0 saturated heterocycles. The van der Waals surface area contributed by atoms with Gasteiger partial charge < -0.3 is 4.74 Å². The van der Waals surface area contributed by atoms with Gasteiger partial charge in [-0.15, -0.1) is 0 Å². The van der Waals surface area contributed by atoms with Gasteiger partial charge in [-0.3, -0.25) is 4.98 Å². The molecule has 0 bridgehead atoms. The van der Waals surface area contributed by atoms with Crippen LogP contribution < -0.4 is 5.43 Å². The molecular formula is C17H14F3N3O2. The molecule has 0 unspecified atom stereocenters. The lowest BCUT2D eigenvalue weighted by Crippen LogP contribution is -2.37. The predicted molar refractivity (Wildman–Crippen MR) is 85.0 cm³/mol. The van der Waals surface area contributed by atoms with Crippen LogP contribution >= 0.6 is 0 Å². The number of alkyl halides is 3. The second kappa shape index (κ2) is 6.19. The Hall–Kier alpha value is -2.90. The normalized spacial score (nSPS) is 17.6. The van der Waals surface area contributed by atoms with Gasteiger partial charge in [-0.25, -0.2) is 10.2 Å². The fourth-order valence-electron chi connectivity index (χ4n) is 2.69. The number of amides is 1. The molecule has 0 aliphatic carbocycles. The van der Waals surface area contributed by atoms with Crippen molar-refractivity contribution in [2.75, 3.05) is 0 Å². The molecular weight excluding hydrogens is 335 g/mol. The number of nitrogens with zero attached hydrogens (tertiary/aromatic N) is 2. The molecule has 1 aromatic heterocycles. The molecule has 1 aliphatic heterocycles. The van der Waals surface area contributed by atoms with E-state index in [1.54, 1.807) is 19.9 Å². The minimum atomic E-state index is -4.55. The molecule has 8 heteroatoms. The van der Waals surface area contributed by atoms with E-state index in [0.717, 1.165) is 6.07 Å². The molecule has 0 fully saturated rings. The zero-order chi connectivity index (χ0) is 18.2. The maximum Gasteiger partial charge on any atom is 0.428 e. The molecule has 25 heavy (non-hydrogen) atoms. The smallest absolute Gasteiger partial charge is 0.428 e. The number of nitrogens with one attached hydrogen (secondary N) is 1. The Morgan fingerprint density at radius 3 is 2.60 bits per heavy atom. The first-order chi connectivity index (χ1) is 11.8. The maximum absolute atomic E-state index is 13.6. The van der Waals surface area contributed by atoms with Crippen LogP contribution in [0, 0.1) is 6.92 Å². The van der Waals surface area contributed by atoms with Crippen LogP contribution in [0.5, 0.6) is 0 Å². The van der Waals surface area contributed by atoms with Gasteiger partial charge >= 0.3 is 12.3 Å². The minimum absolute atomic E-state index is 0.0603. The average Bonchev–Trinajstić information content (AvgIpc) is 2.54. The average molecular weight is 349 g/mol. The van der Waals surface area contributed by atoms with Crippen molar-refractivity contribution >= 4 is 11.8 Å². The van der Waals surface area contributed by atoms with E-state index in [4.69, 9.17) is 4.74 Å². The number of ether oxygens (including phenoxy) is 1. The molecule has 2 aromatic rings. The number of rotatable bonds is 2. The topological polar surface area (TPSA) is 63.6 Å². The SMILES string of the molecule is Cc1cnccc1-c1ccc(C2=NNC(=O)O[C@H]2C)cc1C(F)(F)F. The lowest BCUT2D eigenvalue weighted by atomic mass is 9.93. The van der Waals surface area contributed by atoms with Gasteiger partial charge in [0.2, 0.25) is 0 Å². The minimum Gasteiger partial charge on any atom is -0.439 e. The first-order valence-electron chi connectivity index (χ1n) is 7.44. The van der Waals surface area contributed by atoms with E-state index in [-0.39, 0.29) is 16.8 Å². The Kier molecular flexibility index (Phi) is 4.20. The molecule has 0 saturated carbocycles. The van der Waals surface area contributed by atoms with Gasteiger partial charge in [-0.2, -0.15) is 18.3 Å². The van der Waals surface area contributed by atoms with Crippen molar-refractivity contribution in [3.63, 3.8) is 0 Å². The largest absolute Gasteiger partial charge is 0.439 e. The van der Waals surface area contributed by atoms with Crippen LogP contribution in [0.3, 0.4) is 0 Å². The first kappa shape index (κ1) is 16.9. The van der Waals surface area contributed by atoms with Gasteiger partial charge in [0.15, 0.2) is 0 Å². The summed E-state index contributed by atoms with van der Waals surface area (Å²) < 4.78 is 45.8. The summed E-state index contributed by atoms with van der Waals surface area (Å²) in [6.07, 6.45) is -3.07. The number of hydrogen-bond acceptors (Lipinski definition) is 4. The Labute approximate surface area is 141 Å². The molecule has 1 aromatic carbocycles. The number of benzene rings is 1. The summed E-state index contributed by atoms with van der Waals surface area (Å²) in [6.45, 7) is 3.25. The van der Waals surface area contributed by atoms with E-state index in [2.05, 4.69) is 15.5 Å². The number of halogens is 3. The molecule has 2 heterocycles. The molecule has 1 aliphatic rings. The summed E-state index contributed by atoms with van der Waals surface area (Å²) in [4.78, 5) is 15.0. The van der Waals surface area contributed by atoms with E-state index < -0.39 is 23.9 Å². The Morgan fingerprint density at radius 2 is 1.96 bits per heavy atom. The molecule has 0 radical (unpaired) electrons. The molecule has 1 amide bonds. The van der Waals surface area contributed by atoms with Crippen LogP contribution in [0.2, 0.25) is 0 Å². The fraction of sp³-hybridized carbons (Fsp3) is 0.235. The van der Waals surface area contributed by atoms with Gasteiger partial charge in [-0.05, 0) is 42.7 Å². The molecule has 1 N–H and O–H groups in total. The number of pyridine rings is 1. The standard InChI is InChI=1S/C17H14F3N3O2/c1-9-8-21-6-5-12(9)13-4-3-11(7-14(13)17(18,19)20)15-10(2)25-16(24)23-22-15/h3-8,10H,1-2H3,(H,23,24)/t10-/m0/s1. The number of carbonyl (C=O) groups excluding carboxylic acids is 1. The number of carbonyl (C=O) groups is 1. The van der Waals surface area contributed by atoms with Gasteiger partial charge in [0.1, 0.15) is 11.8 Å². The lowest BCUT2D eigenvalue weighted by Gasteiger charge is -2.22. The Balaban J connectivity index is 2.14. The van der Waals surface area contributed by atoms with Crippen molar-refractivity contribution in [2.24, 2.45) is 5.10 Å². The van der Waals surface area contributed by atoms with E-state index in [1.807, 2.05) is 0 Å². The van der Waals surface area contributed by atoms with Crippen LogP contribution in [-0.2, 0) is 10.9 Å². The predicted octanol–water partition coefficient (Wildman–Crippen LogP) is 3.91. The van der Waals surface area contributed by atoms with Crippen LogP contribution in [0.25, 0.3) is 11.1 Å². The van der Waals surface area contributed by atoms with Gasteiger partial charge in [0, 0.05) is 18.0 Å². The molecule has 0 spiro atoms. The summed E-state index contributed by atoms with van der Waals surface area (Å²) in [6, 6.07) is 5.49. The fourth-order valence-corrected chi connectivity index (χ4v) is 2.69. The third-order valence-electron chi connectivity index (χ3n) is 3.87. The summed E-state index contributed by atoms with van der Waals surface area (Å²) in [5.74, 6) is 0. The van der Waals surface area contributed by atoms with Gasteiger partial charge in [-0.1, -0.05) is 12.1 Å². The third kappa shape index (κ3) is 3.33. The second-order valence-electron chi connectivity index (χ2n) is 5.61. The highest BCUT2D eigenvalue weighted by Gasteiger charge is 2.35.